The molecule has 0 unspecified atom stereocenters. The van der Waals surface area contributed by atoms with Crippen LogP contribution in [0, 0.1) is 0 Å². The van der Waals surface area contributed by atoms with Crippen molar-refractivity contribution in [2.45, 2.75) is 6.54 Å². The van der Waals surface area contributed by atoms with E-state index in [9.17, 15) is 4.79 Å². The van der Waals surface area contributed by atoms with Crippen LogP contribution in [0.2, 0.25) is 9.49 Å². The number of thiazole rings is 1. The smallest absolute Gasteiger partial charge is 0.337 e. The van der Waals surface area contributed by atoms with Gasteiger partial charge in [0.25, 0.3) is 0 Å². The van der Waals surface area contributed by atoms with E-state index >= 15 is 0 Å². The zero-order valence-electron chi connectivity index (χ0n) is 9.94. The highest BCUT2D eigenvalue weighted by atomic mass is 35.5. The van der Waals surface area contributed by atoms with E-state index in [1.165, 1.54) is 18.4 Å². The lowest BCUT2D eigenvalue weighted by atomic mass is 10.2. The zero-order chi connectivity index (χ0) is 13.8. The summed E-state index contributed by atoms with van der Waals surface area (Å²) in [5.41, 5.74) is 1.10. The number of anilines is 1. The molecule has 4 nitrogen and oxygen atoms in total. The standard InChI is InChI=1S/C12H10Cl2N2O2S/c1-18-11(17)7-2-3-9(13)10(4-7)15-5-8-6-16-12(14)19-8/h2-4,6,15H,5H2,1H3. The highest BCUT2D eigenvalue weighted by molar-refractivity contribution is 7.15. The summed E-state index contributed by atoms with van der Waals surface area (Å²) >= 11 is 13.2. The van der Waals surface area contributed by atoms with Crippen molar-refractivity contribution in [1.29, 1.82) is 0 Å². The quantitative estimate of drug-likeness (QED) is 0.870. The van der Waals surface area contributed by atoms with Crippen molar-refractivity contribution in [2.75, 3.05) is 12.4 Å². The first-order chi connectivity index (χ1) is 9.10. The average molecular weight is 317 g/mol. The van der Waals surface area contributed by atoms with Gasteiger partial charge in [0.2, 0.25) is 0 Å². The molecule has 1 heterocycles. The Balaban J connectivity index is 2.12. The Bertz CT molecular complexity index is 601. The minimum absolute atomic E-state index is 0.402. The van der Waals surface area contributed by atoms with Crippen LogP contribution in [-0.4, -0.2) is 18.1 Å². The van der Waals surface area contributed by atoms with Gasteiger partial charge in [-0.15, -0.1) is 11.3 Å². The molecule has 0 spiro atoms. The van der Waals surface area contributed by atoms with Crippen LogP contribution in [0.25, 0.3) is 0 Å². The number of carbonyl (C=O) groups excluding carboxylic acids is 1. The van der Waals surface area contributed by atoms with Crippen LogP contribution < -0.4 is 5.32 Å². The lowest BCUT2D eigenvalue weighted by Crippen LogP contribution is -2.04. The summed E-state index contributed by atoms with van der Waals surface area (Å²) in [7, 11) is 1.34. The maximum absolute atomic E-state index is 11.4. The van der Waals surface area contributed by atoms with Gasteiger partial charge in [-0.05, 0) is 18.2 Å². The van der Waals surface area contributed by atoms with Crippen LogP contribution in [0.1, 0.15) is 15.2 Å². The Morgan fingerprint density at radius 1 is 1.47 bits per heavy atom. The normalized spacial score (nSPS) is 10.3. The molecule has 0 saturated heterocycles. The summed E-state index contributed by atoms with van der Waals surface area (Å²) in [5, 5.41) is 3.66. The lowest BCUT2D eigenvalue weighted by Gasteiger charge is -2.08. The number of rotatable bonds is 4. The molecule has 2 rings (SSSR count). The van der Waals surface area contributed by atoms with Gasteiger partial charge in [-0.2, -0.15) is 0 Å². The van der Waals surface area contributed by atoms with E-state index in [1.807, 2.05) is 0 Å². The van der Waals surface area contributed by atoms with E-state index < -0.39 is 5.97 Å². The summed E-state index contributed by atoms with van der Waals surface area (Å²) in [6.45, 7) is 0.536. The SMILES string of the molecule is COC(=O)c1ccc(Cl)c(NCc2cnc(Cl)s2)c1. The van der Waals surface area contributed by atoms with E-state index in [2.05, 4.69) is 15.0 Å². The van der Waals surface area contributed by atoms with E-state index in [-0.39, 0.29) is 0 Å². The average Bonchev–Trinajstić information content (AvgIpc) is 2.82. The zero-order valence-corrected chi connectivity index (χ0v) is 12.3. The van der Waals surface area contributed by atoms with Crippen molar-refractivity contribution in [3.63, 3.8) is 0 Å². The predicted molar refractivity (Wildman–Crippen MR) is 77.2 cm³/mol. The third-order valence-corrected chi connectivity index (χ3v) is 3.81. The van der Waals surface area contributed by atoms with E-state index in [0.29, 0.717) is 27.3 Å². The number of hydrogen-bond donors (Lipinski definition) is 1. The molecule has 19 heavy (non-hydrogen) atoms. The van der Waals surface area contributed by atoms with Crippen molar-refractivity contribution in [3.8, 4) is 0 Å². The molecule has 1 N–H and O–H groups in total. The number of hydrogen-bond acceptors (Lipinski definition) is 5. The second-order valence-electron chi connectivity index (χ2n) is 3.62. The molecule has 7 heteroatoms. The van der Waals surface area contributed by atoms with Gasteiger partial charge in [0.05, 0.1) is 29.9 Å². The first-order valence-electron chi connectivity index (χ1n) is 5.32. The summed E-state index contributed by atoms with van der Waals surface area (Å²) in [6.07, 6.45) is 1.69. The Hall–Kier alpha value is -1.30. The number of benzene rings is 1. The molecule has 0 bridgehead atoms. The second kappa shape index (κ2) is 6.23. The van der Waals surface area contributed by atoms with E-state index in [4.69, 9.17) is 23.2 Å². The van der Waals surface area contributed by atoms with Gasteiger partial charge in [0.1, 0.15) is 0 Å². The number of carbonyl (C=O) groups is 1. The van der Waals surface area contributed by atoms with Crippen LogP contribution in [0.4, 0.5) is 5.69 Å². The molecule has 2 aromatic rings. The molecule has 0 radical (unpaired) electrons. The molecule has 0 saturated carbocycles. The van der Waals surface area contributed by atoms with Crippen molar-refractivity contribution in [3.05, 3.63) is 44.3 Å². The van der Waals surface area contributed by atoms with E-state index in [0.717, 1.165) is 4.88 Å². The minimum atomic E-state index is -0.402. The first kappa shape index (κ1) is 14.1. The van der Waals surface area contributed by atoms with Gasteiger partial charge in [0.15, 0.2) is 4.47 Å². The Labute approximate surface area is 124 Å². The maximum atomic E-state index is 11.4. The highest BCUT2D eigenvalue weighted by Crippen LogP contribution is 2.25. The molecule has 0 atom stereocenters. The molecular formula is C12H10Cl2N2O2S. The van der Waals surface area contributed by atoms with Gasteiger partial charge in [-0.3, -0.25) is 0 Å². The molecule has 0 aliphatic heterocycles. The topological polar surface area (TPSA) is 51.2 Å². The molecule has 0 aliphatic carbocycles. The lowest BCUT2D eigenvalue weighted by molar-refractivity contribution is 0.0601. The fourth-order valence-corrected chi connectivity index (χ4v) is 2.56. The van der Waals surface area contributed by atoms with Crippen LogP contribution >= 0.6 is 34.5 Å². The Kier molecular flexibility index (Phi) is 4.63. The predicted octanol–water partition coefficient (Wildman–Crippen LogP) is 3.85. The van der Waals surface area contributed by atoms with Gasteiger partial charge in [-0.25, -0.2) is 9.78 Å². The summed E-state index contributed by atoms with van der Waals surface area (Å²) in [5.74, 6) is -0.402. The monoisotopic (exact) mass is 316 g/mol. The maximum Gasteiger partial charge on any atom is 0.337 e. The van der Waals surface area contributed by atoms with Gasteiger partial charge in [0, 0.05) is 11.1 Å². The summed E-state index contributed by atoms with van der Waals surface area (Å²) in [6, 6.07) is 4.91. The third kappa shape index (κ3) is 3.59. The third-order valence-electron chi connectivity index (χ3n) is 2.37. The molecular weight excluding hydrogens is 307 g/mol. The number of ether oxygens (including phenoxy) is 1. The molecule has 0 aliphatic rings. The number of nitrogens with zero attached hydrogens (tertiary/aromatic N) is 1. The fourth-order valence-electron chi connectivity index (χ4n) is 1.45. The molecule has 0 fully saturated rings. The van der Waals surface area contributed by atoms with Gasteiger partial charge >= 0.3 is 5.97 Å². The summed E-state index contributed by atoms with van der Waals surface area (Å²) < 4.78 is 5.15. The largest absolute Gasteiger partial charge is 0.465 e. The van der Waals surface area contributed by atoms with Crippen LogP contribution in [0.15, 0.2) is 24.4 Å². The molecule has 1 aromatic heterocycles. The minimum Gasteiger partial charge on any atom is -0.465 e. The van der Waals surface area contributed by atoms with Crippen molar-refractivity contribution in [2.24, 2.45) is 0 Å². The van der Waals surface area contributed by atoms with Crippen LogP contribution in [0.5, 0.6) is 0 Å². The van der Waals surface area contributed by atoms with Gasteiger partial charge < -0.3 is 10.1 Å². The number of methoxy groups -OCH3 is 1. The molecule has 0 amide bonds. The van der Waals surface area contributed by atoms with Crippen molar-refractivity contribution >= 4 is 46.2 Å². The van der Waals surface area contributed by atoms with E-state index in [1.54, 1.807) is 24.4 Å². The number of halogens is 2. The Morgan fingerprint density at radius 3 is 2.89 bits per heavy atom. The molecule has 1 aromatic carbocycles. The van der Waals surface area contributed by atoms with Crippen LogP contribution in [-0.2, 0) is 11.3 Å². The second-order valence-corrected chi connectivity index (χ2v) is 5.72. The Morgan fingerprint density at radius 2 is 2.26 bits per heavy atom. The number of nitrogens with one attached hydrogen (secondary N) is 1. The van der Waals surface area contributed by atoms with Gasteiger partial charge in [-0.1, -0.05) is 23.2 Å². The number of esters is 1. The highest BCUT2D eigenvalue weighted by Gasteiger charge is 2.09. The molecule has 100 valence electrons. The first-order valence-corrected chi connectivity index (χ1v) is 6.89. The van der Waals surface area contributed by atoms with Crippen molar-refractivity contribution in [1.82, 2.24) is 4.98 Å². The van der Waals surface area contributed by atoms with Crippen LogP contribution in [0.3, 0.4) is 0 Å². The summed E-state index contributed by atoms with van der Waals surface area (Å²) in [4.78, 5) is 16.4. The fraction of sp³-hybridized carbons (Fsp3) is 0.167. The van der Waals surface area contributed by atoms with Crippen molar-refractivity contribution < 1.29 is 9.53 Å². The number of aromatic nitrogens is 1.